The smallest absolute Gasteiger partial charge is 0.191 e. The number of benzene rings is 1. The monoisotopic (exact) mass is 553 g/mol. The van der Waals surface area contributed by atoms with Crippen LogP contribution in [0.2, 0.25) is 0 Å². The zero-order valence-electron chi connectivity index (χ0n) is 19.3. The van der Waals surface area contributed by atoms with E-state index >= 15 is 0 Å². The molecule has 1 saturated heterocycles. The van der Waals surface area contributed by atoms with Crippen molar-refractivity contribution < 1.29 is 9.47 Å². The van der Waals surface area contributed by atoms with Gasteiger partial charge in [0.1, 0.15) is 12.4 Å². The van der Waals surface area contributed by atoms with Crippen molar-refractivity contribution in [3.8, 4) is 5.75 Å². The lowest BCUT2D eigenvalue weighted by Crippen LogP contribution is -2.50. The molecule has 1 aliphatic rings. The fourth-order valence-corrected chi connectivity index (χ4v) is 3.55. The van der Waals surface area contributed by atoms with Crippen LogP contribution in [0, 0.1) is 5.92 Å². The van der Waals surface area contributed by atoms with Crippen LogP contribution in [0.1, 0.15) is 25.1 Å². The molecule has 0 amide bonds. The van der Waals surface area contributed by atoms with Gasteiger partial charge in [0.05, 0.1) is 18.4 Å². The summed E-state index contributed by atoms with van der Waals surface area (Å²) in [6.07, 6.45) is 1.96. The summed E-state index contributed by atoms with van der Waals surface area (Å²) in [4.78, 5) is 11.1. The minimum Gasteiger partial charge on any atom is -0.487 e. The van der Waals surface area contributed by atoms with Gasteiger partial charge in [-0.2, -0.15) is 0 Å². The van der Waals surface area contributed by atoms with Crippen LogP contribution in [-0.4, -0.2) is 61.8 Å². The van der Waals surface area contributed by atoms with Gasteiger partial charge in [-0.05, 0) is 35.7 Å². The molecule has 1 unspecified atom stereocenters. The molecule has 8 heteroatoms. The first kappa shape index (κ1) is 26.3. The SMILES string of the molecule is CN=C(NCc1ccc(OCc2ccccn2)cc1)NCC1CN(CC(C)C)CCO1.I. The number of halogens is 1. The van der Waals surface area contributed by atoms with Gasteiger partial charge in [-0.25, -0.2) is 0 Å². The van der Waals surface area contributed by atoms with Crippen molar-refractivity contribution in [1.29, 1.82) is 0 Å². The highest BCUT2D eigenvalue weighted by Gasteiger charge is 2.21. The zero-order chi connectivity index (χ0) is 21.9. The van der Waals surface area contributed by atoms with Crippen LogP contribution < -0.4 is 15.4 Å². The molecular weight excluding hydrogens is 517 g/mol. The standard InChI is InChI=1S/C24H35N5O2.HI/c1-19(2)16-29-12-13-30-23(17-29)15-28-24(25-3)27-14-20-7-9-22(10-8-20)31-18-21-6-4-5-11-26-21;/h4-11,19,23H,12-18H2,1-3H3,(H2,25,27,28);1H. The molecule has 32 heavy (non-hydrogen) atoms. The third-order valence-corrected chi connectivity index (χ3v) is 5.06. The molecular formula is C24H36IN5O2. The molecule has 1 atom stereocenters. The molecule has 2 aromatic rings. The largest absolute Gasteiger partial charge is 0.487 e. The number of guanidine groups is 1. The summed E-state index contributed by atoms with van der Waals surface area (Å²) in [7, 11) is 1.79. The number of hydrogen-bond donors (Lipinski definition) is 2. The fourth-order valence-electron chi connectivity index (χ4n) is 3.55. The van der Waals surface area contributed by atoms with Crippen LogP contribution in [0.15, 0.2) is 53.7 Å². The van der Waals surface area contributed by atoms with E-state index in [1.807, 2.05) is 30.3 Å². The van der Waals surface area contributed by atoms with Crippen molar-refractivity contribution in [2.45, 2.75) is 33.1 Å². The molecule has 176 valence electrons. The number of nitrogens with one attached hydrogen (secondary N) is 2. The fraction of sp³-hybridized carbons (Fsp3) is 0.500. The molecule has 2 heterocycles. The molecule has 2 N–H and O–H groups in total. The average Bonchev–Trinajstić information content (AvgIpc) is 2.79. The Balaban J connectivity index is 0.00000363. The molecule has 1 aromatic heterocycles. The zero-order valence-corrected chi connectivity index (χ0v) is 21.6. The average molecular weight is 553 g/mol. The van der Waals surface area contributed by atoms with Crippen molar-refractivity contribution in [3.05, 3.63) is 59.9 Å². The van der Waals surface area contributed by atoms with E-state index in [0.29, 0.717) is 19.1 Å². The van der Waals surface area contributed by atoms with E-state index < -0.39 is 0 Å². The van der Waals surface area contributed by atoms with Gasteiger partial charge in [-0.15, -0.1) is 24.0 Å². The molecule has 0 bridgehead atoms. The van der Waals surface area contributed by atoms with Gasteiger partial charge in [0.15, 0.2) is 5.96 Å². The Morgan fingerprint density at radius 3 is 2.72 bits per heavy atom. The highest BCUT2D eigenvalue weighted by Crippen LogP contribution is 2.14. The van der Waals surface area contributed by atoms with Crippen molar-refractivity contribution in [1.82, 2.24) is 20.5 Å². The number of morpholine rings is 1. The predicted molar refractivity (Wildman–Crippen MR) is 140 cm³/mol. The number of nitrogens with zero attached hydrogens (tertiary/aromatic N) is 3. The van der Waals surface area contributed by atoms with E-state index in [4.69, 9.17) is 9.47 Å². The first-order valence-electron chi connectivity index (χ1n) is 11.0. The van der Waals surface area contributed by atoms with E-state index in [1.165, 1.54) is 0 Å². The Labute approximate surface area is 209 Å². The number of hydrogen-bond acceptors (Lipinski definition) is 5. The number of pyridine rings is 1. The molecule has 1 fully saturated rings. The van der Waals surface area contributed by atoms with Crippen LogP contribution in [0.3, 0.4) is 0 Å². The summed E-state index contributed by atoms with van der Waals surface area (Å²) in [6, 6.07) is 13.9. The van der Waals surface area contributed by atoms with Crippen LogP contribution in [0.25, 0.3) is 0 Å². The van der Waals surface area contributed by atoms with Crippen molar-refractivity contribution in [3.63, 3.8) is 0 Å². The number of ether oxygens (including phenoxy) is 2. The van der Waals surface area contributed by atoms with Crippen LogP contribution in [0.4, 0.5) is 0 Å². The molecule has 1 aromatic carbocycles. The Bertz CT molecular complexity index is 802. The second kappa shape index (κ2) is 14.3. The maximum absolute atomic E-state index is 5.91. The van der Waals surface area contributed by atoms with Crippen LogP contribution in [0.5, 0.6) is 5.75 Å². The topological polar surface area (TPSA) is 71.0 Å². The maximum atomic E-state index is 5.91. The second-order valence-corrected chi connectivity index (χ2v) is 8.21. The molecule has 0 aliphatic carbocycles. The van der Waals surface area contributed by atoms with Crippen LogP contribution >= 0.6 is 24.0 Å². The number of aliphatic imine (C=N–C) groups is 1. The Kier molecular flexibility index (Phi) is 11.8. The minimum absolute atomic E-state index is 0. The Hall–Kier alpha value is -1.91. The van der Waals surface area contributed by atoms with Gasteiger partial charge in [0.2, 0.25) is 0 Å². The van der Waals surface area contributed by atoms with E-state index in [9.17, 15) is 0 Å². The van der Waals surface area contributed by atoms with Crippen molar-refractivity contribution in [2.24, 2.45) is 10.9 Å². The quantitative estimate of drug-likeness (QED) is 0.282. The molecule has 0 spiro atoms. The van der Waals surface area contributed by atoms with E-state index in [-0.39, 0.29) is 30.1 Å². The van der Waals surface area contributed by atoms with Crippen LogP contribution in [-0.2, 0) is 17.9 Å². The van der Waals surface area contributed by atoms with E-state index in [2.05, 4.69) is 51.5 Å². The van der Waals surface area contributed by atoms with Crippen molar-refractivity contribution >= 4 is 29.9 Å². The lowest BCUT2D eigenvalue weighted by molar-refractivity contribution is -0.0284. The summed E-state index contributed by atoms with van der Waals surface area (Å²) in [6.45, 7) is 10.3. The van der Waals surface area contributed by atoms with Gasteiger partial charge in [0, 0.05) is 46.0 Å². The van der Waals surface area contributed by atoms with Gasteiger partial charge in [-0.3, -0.25) is 14.9 Å². The molecule has 1 aliphatic heterocycles. The predicted octanol–water partition coefficient (Wildman–Crippen LogP) is 3.30. The van der Waals surface area contributed by atoms with Gasteiger partial charge >= 0.3 is 0 Å². The number of aromatic nitrogens is 1. The van der Waals surface area contributed by atoms with Gasteiger partial charge in [0.25, 0.3) is 0 Å². The third kappa shape index (κ3) is 9.30. The normalized spacial score (nSPS) is 17.0. The maximum Gasteiger partial charge on any atom is 0.191 e. The molecule has 0 saturated carbocycles. The lowest BCUT2D eigenvalue weighted by atomic mass is 10.2. The summed E-state index contributed by atoms with van der Waals surface area (Å²) in [5.41, 5.74) is 2.07. The molecule has 7 nitrogen and oxygen atoms in total. The Morgan fingerprint density at radius 1 is 1.22 bits per heavy atom. The number of rotatable bonds is 9. The van der Waals surface area contributed by atoms with E-state index in [1.54, 1.807) is 13.2 Å². The molecule has 3 rings (SSSR count). The highest BCUT2D eigenvalue weighted by molar-refractivity contribution is 14.0. The third-order valence-electron chi connectivity index (χ3n) is 5.06. The summed E-state index contributed by atoms with van der Waals surface area (Å²) in [5.74, 6) is 2.28. The van der Waals surface area contributed by atoms with Gasteiger partial charge < -0.3 is 20.1 Å². The summed E-state index contributed by atoms with van der Waals surface area (Å²) >= 11 is 0. The highest BCUT2D eigenvalue weighted by atomic mass is 127. The molecule has 0 radical (unpaired) electrons. The Morgan fingerprint density at radius 2 is 2.03 bits per heavy atom. The van der Waals surface area contributed by atoms with Gasteiger partial charge in [-0.1, -0.05) is 32.0 Å². The first-order chi connectivity index (χ1) is 15.1. The second-order valence-electron chi connectivity index (χ2n) is 8.21. The first-order valence-corrected chi connectivity index (χ1v) is 11.0. The minimum atomic E-state index is 0. The lowest BCUT2D eigenvalue weighted by Gasteiger charge is -2.34. The van der Waals surface area contributed by atoms with E-state index in [0.717, 1.165) is 55.8 Å². The van der Waals surface area contributed by atoms with Crippen molar-refractivity contribution in [2.75, 3.05) is 39.8 Å². The summed E-state index contributed by atoms with van der Waals surface area (Å²) < 4.78 is 11.7. The summed E-state index contributed by atoms with van der Waals surface area (Å²) in [5, 5.41) is 6.75.